The minimum Gasteiger partial charge on any atom is -0.481 e. The van der Waals surface area contributed by atoms with Crippen molar-refractivity contribution in [3.63, 3.8) is 0 Å². The molecule has 0 aromatic carbocycles. The molecule has 98 valence electrons. The highest BCUT2D eigenvalue weighted by molar-refractivity contribution is 7.84. The first-order valence-corrected chi connectivity index (χ1v) is 7.55. The fourth-order valence-corrected chi connectivity index (χ4v) is 2.58. The van der Waals surface area contributed by atoms with Crippen molar-refractivity contribution in [3.05, 3.63) is 0 Å². The van der Waals surface area contributed by atoms with Gasteiger partial charge in [-0.25, -0.2) is 0 Å². The van der Waals surface area contributed by atoms with Crippen LogP contribution in [-0.2, 0) is 20.4 Å². The first kappa shape index (κ1) is 14.2. The van der Waals surface area contributed by atoms with Crippen molar-refractivity contribution in [2.45, 2.75) is 25.7 Å². The summed E-state index contributed by atoms with van der Waals surface area (Å²) in [6.45, 7) is 0.352. The van der Waals surface area contributed by atoms with E-state index in [1.54, 1.807) is 6.26 Å². The molecule has 1 rings (SSSR count). The van der Waals surface area contributed by atoms with Crippen molar-refractivity contribution in [2.75, 3.05) is 18.6 Å². The number of carboxylic acid groups (broad SMARTS) is 1. The van der Waals surface area contributed by atoms with E-state index in [0.29, 0.717) is 25.1 Å². The van der Waals surface area contributed by atoms with Gasteiger partial charge in [0.1, 0.15) is 0 Å². The number of hydrogen-bond acceptors (Lipinski definition) is 3. The van der Waals surface area contributed by atoms with Gasteiger partial charge in [-0.1, -0.05) is 12.8 Å². The SMILES string of the molecule is CS(=O)CCNC(=O)C1CCCCC1C(=O)O. The summed E-state index contributed by atoms with van der Waals surface area (Å²) >= 11 is 0. The van der Waals surface area contributed by atoms with Crippen LogP contribution in [0, 0.1) is 11.8 Å². The second-order valence-corrected chi connectivity index (χ2v) is 5.96. The summed E-state index contributed by atoms with van der Waals surface area (Å²) < 4.78 is 10.8. The lowest BCUT2D eigenvalue weighted by molar-refractivity contribution is -0.148. The zero-order valence-corrected chi connectivity index (χ0v) is 10.8. The third kappa shape index (κ3) is 4.46. The molecule has 0 aliphatic heterocycles. The van der Waals surface area contributed by atoms with Crippen molar-refractivity contribution in [1.82, 2.24) is 5.32 Å². The number of nitrogens with one attached hydrogen (secondary N) is 1. The lowest BCUT2D eigenvalue weighted by Gasteiger charge is -2.27. The van der Waals surface area contributed by atoms with E-state index < -0.39 is 28.6 Å². The lowest BCUT2D eigenvalue weighted by atomic mass is 9.79. The molecule has 1 fully saturated rings. The molecule has 0 saturated heterocycles. The highest BCUT2D eigenvalue weighted by atomic mass is 32.2. The first-order chi connectivity index (χ1) is 8.02. The lowest BCUT2D eigenvalue weighted by Crippen LogP contribution is -2.40. The summed E-state index contributed by atoms with van der Waals surface area (Å²) in [7, 11) is -0.936. The minimum atomic E-state index is -0.936. The van der Waals surface area contributed by atoms with Crippen molar-refractivity contribution in [2.24, 2.45) is 11.8 Å². The molecule has 0 spiro atoms. The molecule has 3 unspecified atom stereocenters. The Kier molecular flexibility index (Phi) is 5.61. The average Bonchev–Trinajstić information content (AvgIpc) is 2.28. The molecule has 0 heterocycles. The molecule has 0 aromatic rings. The van der Waals surface area contributed by atoms with E-state index >= 15 is 0 Å². The third-order valence-electron chi connectivity index (χ3n) is 3.11. The number of carbonyl (C=O) groups excluding carboxylic acids is 1. The van der Waals surface area contributed by atoms with Gasteiger partial charge < -0.3 is 10.4 Å². The Morgan fingerprint density at radius 1 is 1.29 bits per heavy atom. The fraction of sp³-hybridized carbons (Fsp3) is 0.818. The van der Waals surface area contributed by atoms with Crippen LogP contribution < -0.4 is 5.32 Å². The van der Waals surface area contributed by atoms with Crippen molar-refractivity contribution in [1.29, 1.82) is 0 Å². The van der Waals surface area contributed by atoms with Crippen molar-refractivity contribution < 1.29 is 18.9 Å². The molecule has 5 nitrogen and oxygen atoms in total. The Balaban J connectivity index is 2.47. The molecule has 0 bridgehead atoms. The van der Waals surface area contributed by atoms with Gasteiger partial charge in [-0.2, -0.15) is 0 Å². The van der Waals surface area contributed by atoms with E-state index in [-0.39, 0.29) is 5.91 Å². The van der Waals surface area contributed by atoms with E-state index in [9.17, 15) is 13.8 Å². The maximum absolute atomic E-state index is 11.8. The number of carbonyl (C=O) groups is 2. The van der Waals surface area contributed by atoms with Crippen LogP contribution in [0.2, 0.25) is 0 Å². The average molecular weight is 261 g/mol. The van der Waals surface area contributed by atoms with Gasteiger partial charge in [0.15, 0.2) is 0 Å². The Morgan fingerprint density at radius 2 is 1.88 bits per heavy atom. The largest absolute Gasteiger partial charge is 0.481 e. The van der Waals surface area contributed by atoms with Crippen LogP contribution in [0.15, 0.2) is 0 Å². The molecule has 0 radical (unpaired) electrons. The van der Waals surface area contributed by atoms with Crippen molar-refractivity contribution in [3.8, 4) is 0 Å². The number of amides is 1. The Bertz CT molecular complexity index is 319. The minimum absolute atomic E-state index is 0.206. The molecule has 0 aromatic heterocycles. The number of aliphatic carboxylic acids is 1. The summed E-state index contributed by atoms with van der Waals surface area (Å²) in [6.07, 6.45) is 4.57. The number of rotatable bonds is 5. The number of hydrogen-bond donors (Lipinski definition) is 2. The van der Waals surface area contributed by atoms with Gasteiger partial charge in [0.05, 0.1) is 11.8 Å². The molecule has 1 aliphatic rings. The molecule has 1 saturated carbocycles. The summed E-state index contributed by atoms with van der Waals surface area (Å²) in [5, 5.41) is 11.7. The monoisotopic (exact) mass is 261 g/mol. The summed E-state index contributed by atoms with van der Waals surface area (Å²) in [5.74, 6) is -1.66. The Labute approximate surface area is 103 Å². The zero-order valence-electron chi connectivity index (χ0n) is 9.98. The van der Waals surface area contributed by atoms with Crippen LogP contribution in [-0.4, -0.2) is 39.7 Å². The molecule has 1 amide bonds. The predicted molar refractivity (Wildman–Crippen MR) is 65.0 cm³/mol. The van der Waals surface area contributed by atoms with E-state index in [1.165, 1.54) is 0 Å². The van der Waals surface area contributed by atoms with Crippen LogP contribution >= 0.6 is 0 Å². The van der Waals surface area contributed by atoms with Gasteiger partial charge >= 0.3 is 5.97 Å². The molecular formula is C11H19NO4S. The maximum atomic E-state index is 11.8. The second kappa shape index (κ2) is 6.74. The van der Waals surface area contributed by atoms with E-state index in [2.05, 4.69) is 5.32 Å². The highest BCUT2D eigenvalue weighted by Crippen LogP contribution is 2.30. The third-order valence-corrected chi connectivity index (χ3v) is 3.89. The van der Waals surface area contributed by atoms with Crippen LogP contribution in [0.4, 0.5) is 0 Å². The van der Waals surface area contributed by atoms with Gasteiger partial charge in [0.2, 0.25) is 5.91 Å². The smallest absolute Gasteiger partial charge is 0.307 e. The number of carboxylic acids is 1. The molecule has 2 N–H and O–H groups in total. The second-order valence-electron chi connectivity index (χ2n) is 4.40. The normalized spacial score (nSPS) is 26.2. The standard InChI is InChI=1S/C11H19NO4S/c1-17(16)7-6-12-10(13)8-4-2-3-5-9(8)11(14)15/h8-9H,2-7H2,1H3,(H,12,13)(H,14,15). The Morgan fingerprint density at radius 3 is 2.41 bits per heavy atom. The maximum Gasteiger partial charge on any atom is 0.307 e. The first-order valence-electron chi connectivity index (χ1n) is 5.83. The quantitative estimate of drug-likeness (QED) is 0.749. The van der Waals surface area contributed by atoms with Gasteiger partial charge in [-0.15, -0.1) is 0 Å². The Hall–Kier alpha value is -0.910. The summed E-state index contributed by atoms with van der Waals surface area (Å²) in [4.78, 5) is 22.8. The highest BCUT2D eigenvalue weighted by Gasteiger charge is 2.35. The van der Waals surface area contributed by atoms with E-state index in [0.717, 1.165) is 12.8 Å². The fourth-order valence-electron chi connectivity index (χ4n) is 2.19. The van der Waals surface area contributed by atoms with Crippen molar-refractivity contribution >= 4 is 22.7 Å². The molecule has 1 aliphatic carbocycles. The molecule has 6 heteroatoms. The molecule has 17 heavy (non-hydrogen) atoms. The molecular weight excluding hydrogens is 242 g/mol. The molecule has 3 atom stereocenters. The van der Waals surface area contributed by atoms with E-state index in [4.69, 9.17) is 5.11 Å². The van der Waals surface area contributed by atoms with E-state index in [1.807, 2.05) is 0 Å². The van der Waals surface area contributed by atoms with Gasteiger partial charge in [0.25, 0.3) is 0 Å². The van der Waals surface area contributed by atoms with Gasteiger partial charge in [0, 0.05) is 29.4 Å². The predicted octanol–water partition coefficient (Wildman–Crippen LogP) is 0.372. The van der Waals surface area contributed by atoms with Crippen LogP contribution in [0.3, 0.4) is 0 Å². The summed E-state index contributed by atoms with van der Waals surface area (Å²) in [6, 6.07) is 0. The van der Waals surface area contributed by atoms with Gasteiger partial charge in [-0.3, -0.25) is 13.8 Å². The van der Waals surface area contributed by atoms with Crippen LogP contribution in [0.1, 0.15) is 25.7 Å². The van der Waals surface area contributed by atoms with Crippen LogP contribution in [0.25, 0.3) is 0 Å². The van der Waals surface area contributed by atoms with Gasteiger partial charge in [-0.05, 0) is 12.8 Å². The zero-order chi connectivity index (χ0) is 12.8. The van der Waals surface area contributed by atoms with Crippen LogP contribution in [0.5, 0.6) is 0 Å². The summed E-state index contributed by atoms with van der Waals surface area (Å²) in [5.41, 5.74) is 0. The topological polar surface area (TPSA) is 83.5 Å².